The van der Waals surface area contributed by atoms with Gasteiger partial charge in [-0.05, 0) is 24.7 Å². The van der Waals surface area contributed by atoms with Crippen LogP contribution in [0.4, 0.5) is 5.82 Å². The largest absolute Gasteiger partial charge is 0.394 e. The molecule has 22 heavy (non-hydrogen) atoms. The molecule has 1 aliphatic rings. The summed E-state index contributed by atoms with van der Waals surface area (Å²) in [6, 6.07) is 2.73. The van der Waals surface area contributed by atoms with E-state index in [-0.39, 0.29) is 12.5 Å². The Kier molecular flexibility index (Phi) is 5.39. The van der Waals surface area contributed by atoms with Crippen LogP contribution in [0, 0.1) is 10.7 Å². The van der Waals surface area contributed by atoms with Gasteiger partial charge in [0.1, 0.15) is 18.1 Å². The molecule has 0 bridgehead atoms. The fraction of sp³-hybridized carbons (Fsp3) is 0.714. The summed E-state index contributed by atoms with van der Waals surface area (Å²) in [5.74, 6) is 0.248. The second-order valence-electron chi connectivity index (χ2n) is 7.04. The first-order valence-corrected chi connectivity index (χ1v) is 11.6. The van der Waals surface area contributed by atoms with Gasteiger partial charge >= 0.3 is 0 Å². The molecule has 0 aromatic carbocycles. The van der Waals surface area contributed by atoms with E-state index >= 15 is 0 Å². The van der Waals surface area contributed by atoms with E-state index in [0.717, 1.165) is 12.5 Å². The quantitative estimate of drug-likeness (QED) is 0.557. The van der Waals surface area contributed by atoms with Crippen LogP contribution in [0.5, 0.6) is 0 Å². The first-order chi connectivity index (χ1) is 10.2. The minimum absolute atomic E-state index is 0.110. The van der Waals surface area contributed by atoms with Gasteiger partial charge in [-0.1, -0.05) is 25.7 Å². The van der Waals surface area contributed by atoms with Crippen molar-refractivity contribution in [3.8, 4) is 0 Å². The van der Waals surface area contributed by atoms with Crippen LogP contribution in [-0.4, -0.2) is 46.7 Å². The standard InChI is InChI=1S/C14H25N3O3SSi/c1-22(2,3)7-5-9-12(19)10(8-18)20-13(9)17-6-4-11(15)16-14(17)21/h4,6,9-10,12-13,18-19H,5,7-8H2,1-3H3,(H2,15,16,21)/t9-,10-,12+,13-/m1/s1. The van der Waals surface area contributed by atoms with Crippen LogP contribution in [0.1, 0.15) is 12.6 Å². The summed E-state index contributed by atoms with van der Waals surface area (Å²) in [6.07, 6.45) is 0.874. The molecule has 0 radical (unpaired) electrons. The zero-order valence-electron chi connectivity index (χ0n) is 13.3. The molecule has 0 unspecified atom stereocenters. The lowest BCUT2D eigenvalue weighted by Gasteiger charge is -2.25. The highest BCUT2D eigenvalue weighted by Gasteiger charge is 2.44. The highest BCUT2D eigenvalue weighted by Crippen LogP contribution is 2.39. The zero-order valence-corrected chi connectivity index (χ0v) is 15.1. The average Bonchev–Trinajstić information content (AvgIpc) is 2.72. The maximum atomic E-state index is 10.5. The molecule has 1 aromatic heterocycles. The number of hydrogen-bond donors (Lipinski definition) is 3. The molecule has 4 N–H and O–H groups in total. The summed E-state index contributed by atoms with van der Waals surface area (Å²) in [4.78, 5) is 4.08. The minimum atomic E-state index is -1.24. The molecule has 1 aliphatic heterocycles. The number of rotatable bonds is 5. The number of aromatic nitrogens is 2. The van der Waals surface area contributed by atoms with Crippen LogP contribution in [0.15, 0.2) is 12.3 Å². The van der Waals surface area contributed by atoms with Crippen molar-refractivity contribution in [1.82, 2.24) is 9.55 Å². The van der Waals surface area contributed by atoms with Gasteiger partial charge in [0.05, 0.1) is 12.7 Å². The summed E-state index contributed by atoms with van der Waals surface area (Å²) < 4.78 is 7.89. The number of aliphatic hydroxyl groups excluding tert-OH is 2. The van der Waals surface area contributed by atoms with E-state index in [0.29, 0.717) is 10.6 Å². The molecular weight excluding hydrogens is 318 g/mol. The fourth-order valence-corrected chi connectivity index (χ4v) is 4.23. The molecule has 1 saturated heterocycles. The fourth-order valence-electron chi connectivity index (χ4n) is 2.76. The van der Waals surface area contributed by atoms with E-state index in [9.17, 15) is 10.2 Å². The van der Waals surface area contributed by atoms with Gasteiger partial charge < -0.3 is 20.7 Å². The molecule has 0 aliphatic carbocycles. The lowest BCUT2D eigenvalue weighted by Crippen LogP contribution is -2.31. The molecule has 1 fully saturated rings. The Balaban J connectivity index is 2.27. The summed E-state index contributed by atoms with van der Waals surface area (Å²) >= 11 is 5.26. The van der Waals surface area contributed by atoms with Crippen molar-refractivity contribution in [1.29, 1.82) is 0 Å². The zero-order chi connectivity index (χ0) is 16.5. The van der Waals surface area contributed by atoms with Crippen molar-refractivity contribution in [3.63, 3.8) is 0 Å². The van der Waals surface area contributed by atoms with Gasteiger partial charge in [0.25, 0.3) is 0 Å². The van der Waals surface area contributed by atoms with E-state index < -0.39 is 26.5 Å². The number of nitrogens with two attached hydrogens (primary N) is 1. The second-order valence-corrected chi connectivity index (χ2v) is 13.0. The van der Waals surface area contributed by atoms with Crippen LogP contribution in [0.2, 0.25) is 25.7 Å². The predicted molar refractivity (Wildman–Crippen MR) is 90.7 cm³/mol. The Hall–Kier alpha value is -0.803. The van der Waals surface area contributed by atoms with Gasteiger partial charge in [-0.15, -0.1) is 0 Å². The lowest BCUT2D eigenvalue weighted by molar-refractivity contribution is -0.0474. The van der Waals surface area contributed by atoms with Crippen LogP contribution < -0.4 is 5.73 Å². The number of hydrogen-bond acceptors (Lipinski definition) is 6. The summed E-state index contributed by atoms with van der Waals surface area (Å²) in [5.41, 5.74) is 5.64. The highest BCUT2D eigenvalue weighted by atomic mass is 32.1. The van der Waals surface area contributed by atoms with E-state index in [1.54, 1.807) is 16.8 Å². The molecule has 2 rings (SSSR count). The number of aliphatic hydroxyl groups is 2. The first kappa shape index (κ1) is 17.5. The SMILES string of the molecule is C[Si](C)(C)CC[C@@H]1[C@H](O)[C@@H](CO)O[C@H]1n1ccc(N)nc1=S. The van der Waals surface area contributed by atoms with Crippen molar-refractivity contribution in [3.05, 3.63) is 17.0 Å². The lowest BCUT2D eigenvalue weighted by atomic mass is 9.97. The monoisotopic (exact) mass is 343 g/mol. The normalized spacial score (nSPS) is 29.0. The topological polar surface area (TPSA) is 93.5 Å². The average molecular weight is 344 g/mol. The number of anilines is 1. The third-order valence-corrected chi connectivity index (χ3v) is 6.12. The third-order valence-electron chi connectivity index (χ3n) is 4.03. The smallest absolute Gasteiger partial charge is 0.203 e. The Morgan fingerprint density at radius 3 is 2.68 bits per heavy atom. The van der Waals surface area contributed by atoms with E-state index in [4.69, 9.17) is 22.7 Å². The number of nitrogens with zero attached hydrogens (tertiary/aromatic N) is 2. The summed E-state index contributed by atoms with van der Waals surface area (Å²) in [6.45, 7) is 6.68. The van der Waals surface area contributed by atoms with Crippen LogP contribution in [-0.2, 0) is 4.74 Å². The third kappa shape index (κ3) is 3.93. The Morgan fingerprint density at radius 2 is 2.14 bits per heavy atom. The van der Waals surface area contributed by atoms with Crippen molar-refractivity contribution in [2.75, 3.05) is 12.3 Å². The van der Waals surface area contributed by atoms with Gasteiger partial charge in [-0.2, -0.15) is 0 Å². The molecular formula is C14H25N3O3SSi. The van der Waals surface area contributed by atoms with Gasteiger partial charge in [-0.25, -0.2) is 4.98 Å². The molecule has 4 atom stereocenters. The molecule has 124 valence electrons. The van der Waals surface area contributed by atoms with E-state index in [1.165, 1.54) is 0 Å². The minimum Gasteiger partial charge on any atom is -0.394 e. The predicted octanol–water partition coefficient (Wildman–Crippen LogP) is 1.79. The Morgan fingerprint density at radius 1 is 1.45 bits per heavy atom. The Bertz CT molecular complexity index is 575. The van der Waals surface area contributed by atoms with Gasteiger partial charge in [0.15, 0.2) is 0 Å². The van der Waals surface area contributed by atoms with Crippen LogP contribution >= 0.6 is 12.2 Å². The molecule has 0 spiro atoms. The molecule has 2 heterocycles. The number of nitrogen functional groups attached to an aromatic ring is 1. The maximum Gasteiger partial charge on any atom is 0.203 e. The second kappa shape index (κ2) is 6.75. The molecule has 6 nitrogen and oxygen atoms in total. The highest BCUT2D eigenvalue weighted by molar-refractivity contribution is 7.71. The van der Waals surface area contributed by atoms with Crippen molar-refractivity contribution in [2.45, 2.75) is 50.5 Å². The molecule has 0 saturated carbocycles. The van der Waals surface area contributed by atoms with Crippen molar-refractivity contribution in [2.24, 2.45) is 5.92 Å². The summed E-state index contributed by atoms with van der Waals surface area (Å²) in [5, 5.41) is 19.9. The van der Waals surface area contributed by atoms with E-state index in [1.807, 2.05) is 0 Å². The molecule has 0 amide bonds. The van der Waals surface area contributed by atoms with Crippen molar-refractivity contribution < 1.29 is 14.9 Å². The van der Waals surface area contributed by atoms with Crippen molar-refractivity contribution >= 4 is 26.1 Å². The summed E-state index contributed by atoms with van der Waals surface area (Å²) in [7, 11) is -1.24. The maximum absolute atomic E-state index is 10.5. The van der Waals surface area contributed by atoms with Gasteiger partial charge in [0, 0.05) is 20.2 Å². The van der Waals surface area contributed by atoms with Gasteiger partial charge in [0.2, 0.25) is 4.77 Å². The van der Waals surface area contributed by atoms with E-state index in [2.05, 4.69) is 24.6 Å². The number of ether oxygens (including phenoxy) is 1. The molecule has 8 heteroatoms. The van der Waals surface area contributed by atoms with Crippen LogP contribution in [0.3, 0.4) is 0 Å². The first-order valence-electron chi connectivity index (χ1n) is 7.52. The Labute approximate surface area is 137 Å². The van der Waals surface area contributed by atoms with Crippen LogP contribution in [0.25, 0.3) is 0 Å². The van der Waals surface area contributed by atoms with Gasteiger partial charge in [-0.3, -0.25) is 4.57 Å². The molecule has 1 aromatic rings.